The fraction of sp³-hybridized carbons (Fsp3) is 0.556. The molecule has 3 fully saturated rings. The summed E-state index contributed by atoms with van der Waals surface area (Å²) in [6.45, 7) is 0. The highest BCUT2D eigenvalue weighted by atomic mass is 16.2. The van der Waals surface area contributed by atoms with E-state index in [2.05, 4.69) is 24.3 Å². The number of benzene rings is 1. The Balaban J connectivity index is 1.67. The Hall–Kier alpha value is -1.44. The van der Waals surface area contributed by atoms with E-state index >= 15 is 0 Å². The van der Waals surface area contributed by atoms with Crippen molar-refractivity contribution >= 4 is 11.6 Å². The van der Waals surface area contributed by atoms with Crippen LogP contribution in [0, 0.1) is 23.7 Å². The molecule has 0 aliphatic heterocycles. The summed E-state index contributed by atoms with van der Waals surface area (Å²) in [6.07, 6.45) is 5.35. The molecule has 104 valence electrons. The van der Waals surface area contributed by atoms with Crippen LogP contribution >= 0.6 is 0 Å². The van der Waals surface area contributed by atoms with Crippen molar-refractivity contribution in [2.24, 2.45) is 23.7 Å². The van der Waals surface area contributed by atoms with E-state index < -0.39 is 0 Å². The Bertz CT molecular complexity index is 548. The quantitative estimate of drug-likeness (QED) is 0.732. The van der Waals surface area contributed by atoms with Gasteiger partial charge in [-0.3, -0.25) is 9.59 Å². The number of hydrogen-bond acceptors (Lipinski definition) is 2. The molecule has 2 heteroatoms. The molecule has 3 aliphatic rings. The van der Waals surface area contributed by atoms with E-state index in [1.807, 2.05) is 6.07 Å². The van der Waals surface area contributed by atoms with E-state index in [9.17, 15) is 9.59 Å². The maximum Gasteiger partial charge on any atom is 0.202 e. The van der Waals surface area contributed by atoms with Crippen molar-refractivity contribution in [1.82, 2.24) is 0 Å². The van der Waals surface area contributed by atoms with Crippen molar-refractivity contribution in [3.05, 3.63) is 35.9 Å². The average molecular weight is 268 g/mol. The lowest BCUT2D eigenvalue weighted by atomic mass is 9.61. The number of carbonyl (C=O) groups excluding carboxylic acids is 2. The Labute approximate surface area is 119 Å². The van der Waals surface area contributed by atoms with Crippen molar-refractivity contribution in [3.63, 3.8) is 0 Å². The van der Waals surface area contributed by atoms with Crippen LogP contribution < -0.4 is 0 Å². The van der Waals surface area contributed by atoms with Gasteiger partial charge in [0.25, 0.3) is 0 Å². The Morgan fingerprint density at radius 1 is 0.850 bits per heavy atom. The fourth-order valence-electron chi connectivity index (χ4n) is 5.07. The number of rotatable bonds is 1. The molecule has 3 aliphatic carbocycles. The molecule has 1 aromatic carbocycles. The van der Waals surface area contributed by atoms with E-state index in [1.165, 1.54) is 18.4 Å². The van der Waals surface area contributed by atoms with Crippen LogP contribution in [0.3, 0.4) is 0 Å². The second kappa shape index (κ2) is 4.54. The van der Waals surface area contributed by atoms with Crippen molar-refractivity contribution in [2.45, 2.75) is 38.0 Å². The van der Waals surface area contributed by atoms with Gasteiger partial charge in [0.05, 0.1) is 0 Å². The summed E-state index contributed by atoms with van der Waals surface area (Å²) < 4.78 is 0. The van der Waals surface area contributed by atoms with Crippen LogP contribution in [0.5, 0.6) is 0 Å². The standard InChI is InChI=1S/C18H20O2/c19-17-14-8-4-7-12-9-13(11-5-2-1-3-6-11)10-15(16(12)14)18(17)20/h1-3,5-6,12-16H,4,7-10H2. The normalized spacial score (nSPS) is 39.7. The Morgan fingerprint density at radius 3 is 2.40 bits per heavy atom. The minimum atomic E-state index is -0.0486. The molecular formula is C18H20O2. The molecule has 0 spiro atoms. The highest BCUT2D eigenvalue weighted by Crippen LogP contribution is 2.55. The van der Waals surface area contributed by atoms with E-state index in [1.54, 1.807) is 0 Å². The second-order valence-corrected chi connectivity index (χ2v) is 6.79. The first-order valence-electron chi connectivity index (χ1n) is 7.88. The maximum atomic E-state index is 12.3. The molecule has 0 saturated heterocycles. The molecule has 1 aromatic rings. The topological polar surface area (TPSA) is 34.1 Å². The third kappa shape index (κ3) is 1.70. The van der Waals surface area contributed by atoms with Gasteiger partial charge in [-0.15, -0.1) is 0 Å². The summed E-state index contributed by atoms with van der Waals surface area (Å²) in [7, 11) is 0. The summed E-state index contributed by atoms with van der Waals surface area (Å²) in [4.78, 5) is 24.5. The van der Waals surface area contributed by atoms with E-state index in [4.69, 9.17) is 0 Å². The van der Waals surface area contributed by atoms with E-state index in [-0.39, 0.29) is 23.4 Å². The first-order chi connectivity index (χ1) is 9.75. The molecular weight excluding hydrogens is 248 g/mol. The molecule has 0 radical (unpaired) electrons. The second-order valence-electron chi connectivity index (χ2n) is 6.79. The van der Waals surface area contributed by atoms with Gasteiger partial charge < -0.3 is 0 Å². The molecule has 5 atom stereocenters. The smallest absolute Gasteiger partial charge is 0.202 e. The molecule has 5 unspecified atom stereocenters. The summed E-state index contributed by atoms with van der Waals surface area (Å²) in [5.41, 5.74) is 1.35. The molecule has 2 nitrogen and oxygen atoms in total. The number of ketones is 2. The molecule has 3 saturated carbocycles. The van der Waals surface area contributed by atoms with Crippen LogP contribution in [0.1, 0.15) is 43.6 Å². The van der Waals surface area contributed by atoms with Gasteiger partial charge in [-0.25, -0.2) is 0 Å². The monoisotopic (exact) mass is 268 g/mol. The van der Waals surface area contributed by atoms with Gasteiger partial charge in [-0.1, -0.05) is 43.2 Å². The SMILES string of the molecule is O=C1C(=O)C2CC(c3ccccc3)CC3CCCC1C32. The molecule has 0 amide bonds. The summed E-state index contributed by atoms with van der Waals surface area (Å²) in [5, 5.41) is 0. The highest BCUT2D eigenvalue weighted by Gasteiger charge is 2.55. The molecule has 0 aromatic heterocycles. The van der Waals surface area contributed by atoms with Gasteiger partial charge >= 0.3 is 0 Å². The van der Waals surface area contributed by atoms with E-state index in [0.717, 1.165) is 19.3 Å². The Kier molecular flexibility index (Phi) is 2.80. The van der Waals surface area contributed by atoms with E-state index in [0.29, 0.717) is 17.8 Å². The fourth-order valence-corrected chi connectivity index (χ4v) is 5.07. The zero-order valence-electron chi connectivity index (χ0n) is 11.6. The van der Waals surface area contributed by atoms with Crippen LogP contribution in [0.15, 0.2) is 30.3 Å². The summed E-state index contributed by atoms with van der Waals surface area (Å²) in [6, 6.07) is 10.5. The van der Waals surface area contributed by atoms with Gasteiger partial charge in [0.1, 0.15) is 0 Å². The molecule has 4 rings (SSSR count). The number of Topliss-reactive ketones (excluding diaryl/α,β-unsaturated/α-hetero) is 2. The lowest BCUT2D eigenvalue weighted by Crippen LogP contribution is -2.36. The first-order valence-corrected chi connectivity index (χ1v) is 7.88. The zero-order chi connectivity index (χ0) is 13.7. The third-order valence-electron chi connectivity index (χ3n) is 5.88. The zero-order valence-corrected chi connectivity index (χ0v) is 11.6. The van der Waals surface area contributed by atoms with Gasteiger partial charge in [0.15, 0.2) is 0 Å². The van der Waals surface area contributed by atoms with Crippen LogP contribution in [-0.2, 0) is 9.59 Å². The van der Waals surface area contributed by atoms with Gasteiger partial charge in [0.2, 0.25) is 11.6 Å². The minimum Gasteiger partial charge on any atom is -0.291 e. The van der Waals surface area contributed by atoms with Crippen LogP contribution in [-0.4, -0.2) is 11.6 Å². The molecule has 0 bridgehead atoms. The van der Waals surface area contributed by atoms with Crippen LogP contribution in [0.2, 0.25) is 0 Å². The Morgan fingerprint density at radius 2 is 1.60 bits per heavy atom. The van der Waals surface area contributed by atoms with Crippen molar-refractivity contribution < 1.29 is 9.59 Å². The predicted molar refractivity (Wildman–Crippen MR) is 76.2 cm³/mol. The average Bonchev–Trinajstić information content (AvgIpc) is 2.75. The lowest BCUT2D eigenvalue weighted by molar-refractivity contribution is -0.137. The van der Waals surface area contributed by atoms with Gasteiger partial charge in [-0.2, -0.15) is 0 Å². The van der Waals surface area contributed by atoms with Gasteiger partial charge in [0, 0.05) is 11.8 Å². The maximum absolute atomic E-state index is 12.3. The number of hydrogen-bond donors (Lipinski definition) is 0. The molecule has 0 heterocycles. The van der Waals surface area contributed by atoms with Crippen molar-refractivity contribution in [3.8, 4) is 0 Å². The summed E-state index contributed by atoms with van der Waals surface area (Å²) >= 11 is 0. The van der Waals surface area contributed by atoms with Crippen LogP contribution in [0.25, 0.3) is 0 Å². The van der Waals surface area contributed by atoms with Gasteiger partial charge in [-0.05, 0) is 42.6 Å². The summed E-state index contributed by atoms with van der Waals surface area (Å²) in [5.74, 6) is 1.44. The lowest BCUT2D eigenvalue weighted by Gasteiger charge is -2.42. The third-order valence-corrected chi connectivity index (χ3v) is 5.88. The number of carbonyl (C=O) groups is 2. The molecule has 0 N–H and O–H groups in total. The van der Waals surface area contributed by atoms with Crippen molar-refractivity contribution in [1.29, 1.82) is 0 Å². The molecule has 20 heavy (non-hydrogen) atoms. The highest BCUT2D eigenvalue weighted by molar-refractivity contribution is 6.41. The minimum absolute atomic E-state index is 0.0248. The van der Waals surface area contributed by atoms with Crippen molar-refractivity contribution in [2.75, 3.05) is 0 Å². The predicted octanol–water partition coefficient (Wildman–Crippen LogP) is 3.36. The first kappa shape index (κ1) is 12.3. The largest absolute Gasteiger partial charge is 0.291 e. The van der Waals surface area contributed by atoms with Crippen LogP contribution in [0.4, 0.5) is 0 Å².